The Kier molecular flexibility index (Phi) is 1.88. The molecule has 4 heteroatoms. The summed E-state index contributed by atoms with van der Waals surface area (Å²) in [6.45, 7) is 0. The van der Waals surface area contributed by atoms with Crippen LogP contribution in [0.2, 0.25) is 5.15 Å². The van der Waals surface area contributed by atoms with Crippen molar-refractivity contribution in [1.29, 1.82) is 0 Å². The van der Waals surface area contributed by atoms with E-state index in [0.717, 1.165) is 32.8 Å². The number of benzene rings is 1. The van der Waals surface area contributed by atoms with Crippen LogP contribution in [-0.2, 0) is 0 Å². The highest BCUT2D eigenvalue weighted by atomic mass is 35.5. The molecule has 1 N–H and O–H groups in total. The second kappa shape index (κ2) is 3.43. The first-order valence-corrected chi connectivity index (χ1v) is 6.02. The van der Waals surface area contributed by atoms with Gasteiger partial charge in [0, 0.05) is 22.5 Å². The predicted molar refractivity (Wildman–Crippen MR) is 73.9 cm³/mol. The van der Waals surface area contributed by atoms with E-state index in [-0.39, 0.29) is 0 Å². The molecule has 0 unspecified atom stereocenters. The highest BCUT2D eigenvalue weighted by Crippen LogP contribution is 2.29. The molecular formula is C14H8ClN3. The van der Waals surface area contributed by atoms with Crippen molar-refractivity contribution in [3.8, 4) is 0 Å². The molecule has 0 fully saturated rings. The number of H-pyrrole nitrogens is 1. The van der Waals surface area contributed by atoms with Crippen molar-refractivity contribution in [2.24, 2.45) is 0 Å². The second-order valence-electron chi connectivity index (χ2n) is 4.22. The Labute approximate surface area is 107 Å². The van der Waals surface area contributed by atoms with Crippen molar-refractivity contribution < 1.29 is 0 Å². The van der Waals surface area contributed by atoms with E-state index in [4.69, 9.17) is 11.6 Å². The van der Waals surface area contributed by atoms with Crippen molar-refractivity contribution >= 4 is 44.4 Å². The molecule has 18 heavy (non-hydrogen) atoms. The number of fused-ring (bicyclic) bond motifs is 5. The summed E-state index contributed by atoms with van der Waals surface area (Å²) >= 11 is 5.96. The highest BCUT2D eigenvalue weighted by Gasteiger charge is 2.09. The zero-order valence-electron chi connectivity index (χ0n) is 9.31. The molecule has 0 saturated heterocycles. The molecule has 0 spiro atoms. The molecule has 0 amide bonds. The van der Waals surface area contributed by atoms with Crippen molar-refractivity contribution in [3.63, 3.8) is 0 Å². The van der Waals surface area contributed by atoms with Gasteiger partial charge in [-0.25, -0.2) is 4.98 Å². The van der Waals surface area contributed by atoms with Gasteiger partial charge in [0.25, 0.3) is 0 Å². The third-order valence-electron chi connectivity index (χ3n) is 3.16. The van der Waals surface area contributed by atoms with E-state index in [0.29, 0.717) is 5.15 Å². The minimum atomic E-state index is 0.482. The number of hydrogen-bond donors (Lipinski definition) is 1. The Balaban J connectivity index is 2.31. The summed E-state index contributed by atoms with van der Waals surface area (Å²) < 4.78 is 0. The van der Waals surface area contributed by atoms with Gasteiger partial charge < -0.3 is 4.98 Å². The molecule has 3 heterocycles. The van der Waals surface area contributed by atoms with E-state index in [1.807, 2.05) is 30.5 Å². The average molecular weight is 254 g/mol. The minimum absolute atomic E-state index is 0.482. The maximum atomic E-state index is 5.96. The molecule has 4 rings (SSSR count). The molecule has 86 valence electrons. The second-order valence-corrected chi connectivity index (χ2v) is 4.61. The van der Waals surface area contributed by atoms with Gasteiger partial charge in [0.2, 0.25) is 0 Å². The lowest BCUT2D eigenvalue weighted by Crippen LogP contribution is -1.84. The van der Waals surface area contributed by atoms with Gasteiger partial charge in [0.1, 0.15) is 10.7 Å². The molecular weight excluding hydrogens is 246 g/mol. The topological polar surface area (TPSA) is 41.6 Å². The number of nitrogens with zero attached hydrogens (tertiary/aromatic N) is 2. The number of aromatic amines is 1. The summed E-state index contributed by atoms with van der Waals surface area (Å²) in [6, 6.07) is 11.8. The third-order valence-corrected chi connectivity index (χ3v) is 3.37. The normalized spacial score (nSPS) is 11.6. The average Bonchev–Trinajstić information content (AvgIpc) is 2.78. The number of para-hydroxylation sites is 1. The number of halogens is 1. The smallest absolute Gasteiger partial charge is 0.130 e. The van der Waals surface area contributed by atoms with Crippen LogP contribution in [0.3, 0.4) is 0 Å². The minimum Gasteiger partial charge on any atom is -0.353 e. The summed E-state index contributed by atoms with van der Waals surface area (Å²) in [5.41, 5.74) is 3.74. The first-order chi connectivity index (χ1) is 8.83. The SMILES string of the molecule is Clc1ccc2ncc3c4ccccc4[nH]c3c2n1. The van der Waals surface area contributed by atoms with Crippen molar-refractivity contribution in [1.82, 2.24) is 15.0 Å². The van der Waals surface area contributed by atoms with E-state index in [9.17, 15) is 0 Å². The quantitative estimate of drug-likeness (QED) is 0.483. The molecule has 3 nitrogen and oxygen atoms in total. The monoisotopic (exact) mass is 253 g/mol. The van der Waals surface area contributed by atoms with Gasteiger partial charge in [-0.05, 0) is 18.2 Å². The van der Waals surface area contributed by atoms with Crippen LogP contribution < -0.4 is 0 Å². The lowest BCUT2D eigenvalue weighted by atomic mass is 10.2. The molecule has 0 radical (unpaired) electrons. The Morgan fingerprint density at radius 2 is 1.89 bits per heavy atom. The first kappa shape index (κ1) is 9.85. The number of pyridine rings is 2. The number of rotatable bonds is 0. The number of aromatic nitrogens is 3. The zero-order chi connectivity index (χ0) is 12.1. The van der Waals surface area contributed by atoms with Crippen LogP contribution in [-0.4, -0.2) is 15.0 Å². The van der Waals surface area contributed by atoms with Crippen LogP contribution >= 0.6 is 11.6 Å². The van der Waals surface area contributed by atoms with Crippen LogP contribution in [0.1, 0.15) is 0 Å². The Morgan fingerprint density at radius 1 is 1.00 bits per heavy atom. The van der Waals surface area contributed by atoms with Gasteiger partial charge in [0.05, 0.1) is 11.0 Å². The Hall–Kier alpha value is -2.13. The summed E-state index contributed by atoms with van der Waals surface area (Å²) in [4.78, 5) is 12.2. The standard InChI is InChI=1S/C14H8ClN3/c15-12-6-5-11-14(18-12)13-9(7-16-11)8-3-1-2-4-10(8)17-13/h1-7,17H. The van der Waals surface area contributed by atoms with Crippen molar-refractivity contribution in [2.75, 3.05) is 0 Å². The van der Waals surface area contributed by atoms with E-state index >= 15 is 0 Å². The summed E-state index contributed by atoms with van der Waals surface area (Å²) in [7, 11) is 0. The summed E-state index contributed by atoms with van der Waals surface area (Å²) in [6.07, 6.45) is 1.88. The number of hydrogen-bond acceptors (Lipinski definition) is 2. The fourth-order valence-corrected chi connectivity index (χ4v) is 2.48. The molecule has 3 aromatic heterocycles. The molecule has 0 atom stereocenters. The lowest BCUT2D eigenvalue weighted by Gasteiger charge is -1.98. The van der Waals surface area contributed by atoms with Crippen molar-refractivity contribution in [3.05, 3.63) is 47.7 Å². The van der Waals surface area contributed by atoms with Crippen LogP contribution in [0.25, 0.3) is 32.8 Å². The highest BCUT2D eigenvalue weighted by molar-refractivity contribution is 6.30. The van der Waals surface area contributed by atoms with E-state index < -0.39 is 0 Å². The Morgan fingerprint density at radius 3 is 2.83 bits per heavy atom. The van der Waals surface area contributed by atoms with E-state index in [1.54, 1.807) is 6.07 Å². The van der Waals surface area contributed by atoms with Crippen LogP contribution in [0.4, 0.5) is 0 Å². The molecule has 0 saturated carbocycles. The van der Waals surface area contributed by atoms with Gasteiger partial charge in [-0.1, -0.05) is 29.8 Å². The molecule has 0 aliphatic rings. The molecule has 4 aromatic rings. The fraction of sp³-hybridized carbons (Fsp3) is 0. The molecule has 0 aliphatic carbocycles. The Bertz CT molecular complexity index is 895. The maximum Gasteiger partial charge on any atom is 0.130 e. The van der Waals surface area contributed by atoms with E-state index in [1.165, 1.54) is 0 Å². The van der Waals surface area contributed by atoms with Crippen molar-refractivity contribution in [2.45, 2.75) is 0 Å². The zero-order valence-corrected chi connectivity index (χ0v) is 10.1. The van der Waals surface area contributed by atoms with E-state index in [2.05, 4.69) is 21.0 Å². The van der Waals surface area contributed by atoms with Gasteiger partial charge in [0.15, 0.2) is 0 Å². The van der Waals surface area contributed by atoms with Crippen LogP contribution in [0.5, 0.6) is 0 Å². The summed E-state index contributed by atoms with van der Waals surface area (Å²) in [5, 5.41) is 2.71. The molecule has 0 aliphatic heterocycles. The predicted octanol–water partition coefficient (Wildman–Crippen LogP) is 3.92. The van der Waals surface area contributed by atoms with Gasteiger partial charge in [-0.2, -0.15) is 0 Å². The van der Waals surface area contributed by atoms with Crippen LogP contribution in [0, 0.1) is 0 Å². The molecule has 1 aromatic carbocycles. The van der Waals surface area contributed by atoms with Gasteiger partial charge in [-0.15, -0.1) is 0 Å². The van der Waals surface area contributed by atoms with Gasteiger partial charge in [-0.3, -0.25) is 4.98 Å². The first-order valence-electron chi connectivity index (χ1n) is 5.64. The lowest BCUT2D eigenvalue weighted by molar-refractivity contribution is 1.35. The number of nitrogens with one attached hydrogen (secondary N) is 1. The van der Waals surface area contributed by atoms with Crippen LogP contribution in [0.15, 0.2) is 42.6 Å². The molecule has 0 bridgehead atoms. The maximum absolute atomic E-state index is 5.96. The summed E-state index contributed by atoms with van der Waals surface area (Å²) in [5.74, 6) is 0. The third kappa shape index (κ3) is 1.25. The largest absolute Gasteiger partial charge is 0.353 e. The fourth-order valence-electron chi connectivity index (χ4n) is 2.33. The van der Waals surface area contributed by atoms with Gasteiger partial charge >= 0.3 is 0 Å².